The van der Waals surface area contributed by atoms with Crippen molar-refractivity contribution in [3.8, 4) is 0 Å². The van der Waals surface area contributed by atoms with Gasteiger partial charge in [-0.15, -0.1) is 5.10 Å². The first-order valence-corrected chi connectivity index (χ1v) is 7.67. The molecule has 0 radical (unpaired) electrons. The number of aryl methyl sites for hydroxylation is 1. The lowest BCUT2D eigenvalue weighted by atomic mass is 9.71. The maximum absolute atomic E-state index is 12.1. The first-order valence-electron chi connectivity index (χ1n) is 5.39. The van der Waals surface area contributed by atoms with Gasteiger partial charge in [-0.25, -0.2) is 17.8 Å². The molecule has 17 heavy (non-hydrogen) atoms. The number of hydrogen-bond acceptors (Lipinski definition) is 4. The van der Waals surface area contributed by atoms with Crippen molar-refractivity contribution in [1.29, 1.82) is 0 Å². The zero-order valence-electron chi connectivity index (χ0n) is 9.77. The van der Waals surface area contributed by atoms with Gasteiger partial charge in [-0.3, -0.25) is 0 Å². The molecular weight excluding hydrogens is 308 g/mol. The lowest BCUT2D eigenvalue weighted by molar-refractivity contribution is 0.166. The molecule has 2 rings (SSSR count). The quantitative estimate of drug-likeness (QED) is 0.898. The third-order valence-electron chi connectivity index (χ3n) is 3.24. The SMILES string of the molecule is Cn1nnc(Br)c1S(=O)(=O)NCC1(C)CCC1. The molecule has 8 heteroatoms. The first kappa shape index (κ1) is 13.0. The molecule has 1 heterocycles. The topological polar surface area (TPSA) is 76.9 Å². The van der Waals surface area contributed by atoms with E-state index in [1.165, 1.54) is 11.1 Å². The molecule has 1 N–H and O–H groups in total. The van der Waals surface area contributed by atoms with Crippen LogP contribution in [-0.4, -0.2) is 30.0 Å². The Morgan fingerprint density at radius 2 is 2.18 bits per heavy atom. The molecule has 0 amide bonds. The lowest BCUT2D eigenvalue weighted by Gasteiger charge is -2.38. The Labute approximate surface area is 109 Å². The lowest BCUT2D eigenvalue weighted by Crippen LogP contribution is -2.40. The third-order valence-corrected chi connectivity index (χ3v) is 5.53. The molecular formula is C9H15BrN4O2S. The van der Waals surface area contributed by atoms with Gasteiger partial charge < -0.3 is 0 Å². The normalized spacial score (nSPS) is 19.0. The summed E-state index contributed by atoms with van der Waals surface area (Å²) in [4.78, 5) is 0. The summed E-state index contributed by atoms with van der Waals surface area (Å²) in [7, 11) is -1.99. The maximum atomic E-state index is 12.1. The molecule has 1 aliphatic rings. The first-order chi connectivity index (χ1) is 7.84. The van der Waals surface area contributed by atoms with Gasteiger partial charge in [0.1, 0.15) is 0 Å². The van der Waals surface area contributed by atoms with Crippen LogP contribution < -0.4 is 4.72 Å². The minimum absolute atomic E-state index is 0.0698. The highest BCUT2D eigenvalue weighted by Crippen LogP contribution is 2.39. The average Bonchev–Trinajstić information content (AvgIpc) is 2.53. The second kappa shape index (κ2) is 4.33. The summed E-state index contributed by atoms with van der Waals surface area (Å²) in [5.74, 6) is 0. The Morgan fingerprint density at radius 3 is 2.59 bits per heavy atom. The summed E-state index contributed by atoms with van der Waals surface area (Å²) in [6.07, 6.45) is 3.32. The Kier molecular flexibility index (Phi) is 3.30. The van der Waals surface area contributed by atoms with Crippen LogP contribution >= 0.6 is 15.9 Å². The second-order valence-electron chi connectivity index (χ2n) is 4.80. The summed E-state index contributed by atoms with van der Waals surface area (Å²) in [6.45, 7) is 2.56. The minimum Gasteiger partial charge on any atom is -0.235 e. The molecule has 1 aromatic heterocycles. The summed E-state index contributed by atoms with van der Waals surface area (Å²) in [5, 5.41) is 7.40. The van der Waals surface area contributed by atoms with E-state index in [-0.39, 0.29) is 15.0 Å². The van der Waals surface area contributed by atoms with E-state index in [1.807, 2.05) is 0 Å². The van der Waals surface area contributed by atoms with E-state index >= 15 is 0 Å². The fourth-order valence-corrected chi connectivity index (χ4v) is 4.19. The van der Waals surface area contributed by atoms with Crippen LogP contribution in [0.5, 0.6) is 0 Å². The highest BCUT2D eigenvalue weighted by molar-refractivity contribution is 9.10. The number of nitrogens with one attached hydrogen (secondary N) is 1. The Balaban J connectivity index is 2.14. The Bertz CT molecular complexity index is 502. The monoisotopic (exact) mass is 322 g/mol. The molecule has 96 valence electrons. The number of halogens is 1. The molecule has 0 atom stereocenters. The fourth-order valence-electron chi connectivity index (χ4n) is 1.90. The van der Waals surface area contributed by atoms with Gasteiger partial charge in [0, 0.05) is 13.6 Å². The van der Waals surface area contributed by atoms with Crippen molar-refractivity contribution in [2.24, 2.45) is 12.5 Å². The van der Waals surface area contributed by atoms with Crippen LogP contribution in [0.4, 0.5) is 0 Å². The van der Waals surface area contributed by atoms with Gasteiger partial charge >= 0.3 is 0 Å². The molecule has 0 aliphatic heterocycles. The van der Waals surface area contributed by atoms with E-state index in [2.05, 4.69) is 37.9 Å². The molecule has 1 aliphatic carbocycles. The largest absolute Gasteiger partial charge is 0.260 e. The molecule has 1 fully saturated rings. The van der Waals surface area contributed by atoms with Crippen molar-refractivity contribution >= 4 is 26.0 Å². The van der Waals surface area contributed by atoms with Gasteiger partial charge in [0.2, 0.25) is 5.03 Å². The maximum Gasteiger partial charge on any atom is 0.260 e. The van der Waals surface area contributed by atoms with Crippen molar-refractivity contribution in [3.63, 3.8) is 0 Å². The minimum atomic E-state index is -3.55. The molecule has 0 saturated heterocycles. The highest BCUT2D eigenvalue weighted by atomic mass is 79.9. The van der Waals surface area contributed by atoms with Crippen molar-refractivity contribution in [2.45, 2.75) is 31.2 Å². The zero-order chi connectivity index (χ0) is 12.7. The summed E-state index contributed by atoms with van der Waals surface area (Å²) in [5.41, 5.74) is 0.103. The summed E-state index contributed by atoms with van der Waals surface area (Å²) >= 11 is 3.09. The number of aromatic nitrogens is 3. The predicted molar refractivity (Wildman–Crippen MR) is 65.8 cm³/mol. The van der Waals surface area contributed by atoms with Crippen LogP contribution in [0.25, 0.3) is 0 Å². The molecule has 6 nitrogen and oxygen atoms in total. The van der Waals surface area contributed by atoms with Crippen molar-refractivity contribution < 1.29 is 8.42 Å². The second-order valence-corrected chi connectivity index (χ2v) is 7.23. The average molecular weight is 323 g/mol. The van der Waals surface area contributed by atoms with Gasteiger partial charge in [0.25, 0.3) is 10.0 Å². The smallest absolute Gasteiger partial charge is 0.235 e. The molecule has 0 spiro atoms. The van der Waals surface area contributed by atoms with Crippen molar-refractivity contribution in [2.75, 3.05) is 6.54 Å². The van der Waals surface area contributed by atoms with Crippen LogP contribution in [-0.2, 0) is 17.1 Å². The van der Waals surface area contributed by atoms with Crippen molar-refractivity contribution in [3.05, 3.63) is 4.60 Å². The number of sulfonamides is 1. The Morgan fingerprint density at radius 1 is 1.53 bits per heavy atom. The van der Waals surface area contributed by atoms with Gasteiger partial charge in [-0.05, 0) is 34.2 Å². The summed E-state index contributed by atoms with van der Waals surface area (Å²) in [6, 6.07) is 0. The van der Waals surface area contributed by atoms with E-state index in [1.54, 1.807) is 7.05 Å². The van der Waals surface area contributed by atoms with Gasteiger partial charge in [0.05, 0.1) is 0 Å². The van der Waals surface area contributed by atoms with Gasteiger partial charge in [-0.1, -0.05) is 18.6 Å². The van der Waals surface area contributed by atoms with E-state index in [4.69, 9.17) is 0 Å². The summed E-state index contributed by atoms with van der Waals surface area (Å²) < 4.78 is 28.3. The van der Waals surface area contributed by atoms with E-state index in [0.717, 1.165) is 12.8 Å². The Hall–Kier alpha value is -0.470. The predicted octanol–water partition coefficient (Wildman–Crippen LogP) is 1.05. The van der Waals surface area contributed by atoms with Crippen LogP contribution in [0.15, 0.2) is 9.63 Å². The fraction of sp³-hybridized carbons (Fsp3) is 0.778. The van der Waals surface area contributed by atoms with Gasteiger partial charge in [0.15, 0.2) is 4.60 Å². The highest BCUT2D eigenvalue weighted by Gasteiger charge is 2.34. The van der Waals surface area contributed by atoms with Crippen LogP contribution in [0.1, 0.15) is 26.2 Å². The van der Waals surface area contributed by atoms with E-state index in [9.17, 15) is 8.42 Å². The van der Waals surface area contributed by atoms with Gasteiger partial charge in [-0.2, -0.15) is 0 Å². The van der Waals surface area contributed by atoms with E-state index in [0.29, 0.717) is 6.54 Å². The number of nitrogens with zero attached hydrogens (tertiary/aromatic N) is 3. The zero-order valence-corrected chi connectivity index (χ0v) is 12.2. The molecule has 0 bridgehead atoms. The molecule has 0 unspecified atom stereocenters. The number of rotatable bonds is 4. The van der Waals surface area contributed by atoms with Crippen LogP contribution in [0.2, 0.25) is 0 Å². The van der Waals surface area contributed by atoms with E-state index < -0.39 is 10.0 Å². The standard InChI is InChI=1S/C9H15BrN4O2S/c1-9(4-3-5-9)6-11-17(15,16)8-7(10)12-13-14(8)2/h11H,3-6H2,1-2H3. The number of hydrogen-bond donors (Lipinski definition) is 1. The van der Waals surface area contributed by atoms with Crippen LogP contribution in [0.3, 0.4) is 0 Å². The van der Waals surface area contributed by atoms with Crippen molar-refractivity contribution in [1.82, 2.24) is 19.7 Å². The van der Waals surface area contributed by atoms with Crippen LogP contribution in [0, 0.1) is 5.41 Å². The molecule has 0 aromatic carbocycles. The molecule has 1 saturated carbocycles. The molecule has 1 aromatic rings. The third kappa shape index (κ3) is 2.53.